The molecule has 1 heterocycles. The smallest absolute Gasteiger partial charge is 0.357 e. The molecule has 1 fully saturated rings. The molecule has 1 aliphatic carbocycles. The van der Waals surface area contributed by atoms with Crippen molar-refractivity contribution < 1.29 is 14.3 Å². The van der Waals surface area contributed by atoms with Gasteiger partial charge in [-0.15, -0.1) is 0 Å². The van der Waals surface area contributed by atoms with Crippen LogP contribution >= 0.6 is 0 Å². The summed E-state index contributed by atoms with van der Waals surface area (Å²) >= 11 is 0. The number of carboxylic acid groups (broad SMARTS) is 1. The Bertz CT molecular complexity index is 381. The minimum Gasteiger partial charge on any atom is -0.476 e. The fraction of sp³-hybridized carbons (Fsp3) is 0.636. The van der Waals surface area contributed by atoms with E-state index in [-0.39, 0.29) is 17.0 Å². The molecule has 1 saturated carbocycles. The Morgan fingerprint density at radius 2 is 2.40 bits per heavy atom. The lowest BCUT2D eigenvalue weighted by molar-refractivity contribution is 0.0690. The number of nitrogens with zero attached hydrogens (tertiary/aromatic N) is 1. The minimum atomic E-state index is -1.03. The van der Waals surface area contributed by atoms with Crippen LogP contribution in [0.1, 0.15) is 55.4 Å². The van der Waals surface area contributed by atoms with E-state index < -0.39 is 5.97 Å². The van der Waals surface area contributed by atoms with E-state index in [2.05, 4.69) is 18.8 Å². The van der Waals surface area contributed by atoms with Crippen LogP contribution in [0.25, 0.3) is 0 Å². The summed E-state index contributed by atoms with van der Waals surface area (Å²) < 4.78 is 5.25. The molecular weight excluding hydrogens is 194 g/mol. The highest BCUT2D eigenvalue weighted by Gasteiger charge is 2.38. The molecule has 0 aliphatic heterocycles. The zero-order chi connectivity index (χ0) is 11.1. The predicted molar refractivity (Wildman–Crippen MR) is 53.8 cm³/mol. The van der Waals surface area contributed by atoms with Crippen molar-refractivity contribution in [1.29, 1.82) is 0 Å². The summed E-state index contributed by atoms with van der Waals surface area (Å²) in [6.07, 6.45) is 4.56. The van der Waals surface area contributed by atoms with Crippen LogP contribution in [0.2, 0.25) is 0 Å². The van der Waals surface area contributed by atoms with E-state index >= 15 is 0 Å². The molecule has 15 heavy (non-hydrogen) atoms. The second kappa shape index (κ2) is 3.36. The topological polar surface area (TPSA) is 63.3 Å². The summed E-state index contributed by atoms with van der Waals surface area (Å²) in [6.45, 7) is 4.35. The average molecular weight is 209 g/mol. The van der Waals surface area contributed by atoms with Crippen molar-refractivity contribution in [1.82, 2.24) is 4.98 Å². The highest BCUT2D eigenvalue weighted by Crippen LogP contribution is 2.48. The molecule has 1 unspecified atom stereocenters. The molecule has 1 aliphatic rings. The lowest BCUT2D eigenvalue weighted by Gasteiger charge is -2.23. The van der Waals surface area contributed by atoms with E-state index in [1.165, 1.54) is 6.26 Å². The average Bonchev–Trinajstić information content (AvgIpc) is 2.69. The van der Waals surface area contributed by atoms with Crippen molar-refractivity contribution in [3.63, 3.8) is 0 Å². The number of aromatic carboxylic acids is 1. The molecule has 0 bridgehead atoms. The third-order valence-corrected chi connectivity index (χ3v) is 3.30. The Labute approximate surface area is 88.3 Å². The number of carbonyl (C=O) groups is 1. The normalized spacial score (nSPS) is 24.3. The van der Waals surface area contributed by atoms with Crippen molar-refractivity contribution in [3.8, 4) is 0 Å². The maximum atomic E-state index is 10.7. The van der Waals surface area contributed by atoms with Crippen molar-refractivity contribution in [2.24, 2.45) is 5.41 Å². The number of aromatic nitrogens is 1. The van der Waals surface area contributed by atoms with Gasteiger partial charge in [0.05, 0.1) is 0 Å². The molecule has 0 spiro atoms. The second-order valence-electron chi connectivity index (χ2n) is 4.81. The van der Waals surface area contributed by atoms with Gasteiger partial charge >= 0.3 is 5.97 Å². The molecule has 0 amide bonds. The molecule has 1 atom stereocenters. The molecule has 0 radical (unpaired) electrons. The van der Waals surface area contributed by atoms with Gasteiger partial charge in [-0.1, -0.05) is 20.3 Å². The molecule has 82 valence electrons. The van der Waals surface area contributed by atoms with Crippen LogP contribution in [0.4, 0.5) is 0 Å². The number of oxazole rings is 1. The van der Waals surface area contributed by atoms with Crippen LogP contribution in [-0.4, -0.2) is 16.1 Å². The first kappa shape index (κ1) is 10.2. The van der Waals surface area contributed by atoms with E-state index in [1.807, 2.05) is 0 Å². The Hall–Kier alpha value is -1.32. The fourth-order valence-corrected chi connectivity index (χ4v) is 2.33. The van der Waals surface area contributed by atoms with Crippen molar-refractivity contribution in [2.75, 3.05) is 0 Å². The predicted octanol–water partition coefficient (Wildman–Crippen LogP) is 2.67. The lowest BCUT2D eigenvalue weighted by atomic mass is 9.82. The molecule has 4 heteroatoms. The molecule has 4 nitrogen and oxygen atoms in total. The van der Waals surface area contributed by atoms with Crippen LogP contribution in [0.3, 0.4) is 0 Å². The summed E-state index contributed by atoms with van der Waals surface area (Å²) in [5.41, 5.74) is 0.174. The molecule has 1 aromatic rings. The quantitative estimate of drug-likeness (QED) is 0.813. The van der Waals surface area contributed by atoms with Gasteiger partial charge in [-0.3, -0.25) is 0 Å². The first-order valence-electron chi connectivity index (χ1n) is 5.19. The van der Waals surface area contributed by atoms with Gasteiger partial charge in [-0.25, -0.2) is 9.78 Å². The molecule has 1 N–H and O–H groups in total. The molecule has 1 aromatic heterocycles. The number of hydrogen-bond acceptors (Lipinski definition) is 3. The van der Waals surface area contributed by atoms with E-state index in [9.17, 15) is 4.79 Å². The maximum Gasteiger partial charge on any atom is 0.357 e. The Kier molecular flexibility index (Phi) is 2.29. The molecule has 2 rings (SSSR count). The van der Waals surface area contributed by atoms with Gasteiger partial charge in [0.15, 0.2) is 11.6 Å². The fourth-order valence-electron chi connectivity index (χ4n) is 2.33. The standard InChI is InChI=1S/C11H15NO3/c1-11(2)5-3-4-7(11)9-12-8(6-15-9)10(13)14/h6-7H,3-5H2,1-2H3,(H,13,14). The van der Waals surface area contributed by atoms with Crippen LogP contribution < -0.4 is 0 Å². The summed E-state index contributed by atoms with van der Waals surface area (Å²) in [5.74, 6) is -0.193. The lowest BCUT2D eigenvalue weighted by Crippen LogP contribution is -2.15. The van der Waals surface area contributed by atoms with E-state index in [1.54, 1.807) is 0 Å². The van der Waals surface area contributed by atoms with Gasteiger partial charge in [0.1, 0.15) is 6.26 Å². The number of rotatable bonds is 2. The van der Waals surface area contributed by atoms with Gasteiger partial charge in [-0.05, 0) is 18.3 Å². The zero-order valence-electron chi connectivity index (χ0n) is 8.99. The third kappa shape index (κ3) is 1.76. The third-order valence-electron chi connectivity index (χ3n) is 3.30. The first-order chi connectivity index (χ1) is 7.00. The Balaban J connectivity index is 2.26. The molecular formula is C11H15NO3. The van der Waals surface area contributed by atoms with Crippen LogP contribution in [0.5, 0.6) is 0 Å². The highest BCUT2D eigenvalue weighted by molar-refractivity contribution is 5.84. The zero-order valence-corrected chi connectivity index (χ0v) is 8.99. The SMILES string of the molecule is CC1(C)CCCC1c1nc(C(=O)O)co1. The summed E-state index contributed by atoms with van der Waals surface area (Å²) in [5, 5.41) is 8.75. The van der Waals surface area contributed by atoms with Crippen molar-refractivity contribution in [3.05, 3.63) is 17.8 Å². The number of carboxylic acids is 1. The van der Waals surface area contributed by atoms with Crippen molar-refractivity contribution in [2.45, 2.75) is 39.0 Å². The largest absolute Gasteiger partial charge is 0.476 e. The molecule has 0 saturated heterocycles. The van der Waals surface area contributed by atoms with Gasteiger partial charge in [0.2, 0.25) is 0 Å². The van der Waals surface area contributed by atoms with Crippen LogP contribution in [-0.2, 0) is 0 Å². The van der Waals surface area contributed by atoms with Crippen LogP contribution in [0, 0.1) is 5.41 Å². The van der Waals surface area contributed by atoms with Crippen molar-refractivity contribution >= 4 is 5.97 Å². The van der Waals surface area contributed by atoms with Gasteiger partial charge in [0, 0.05) is 5.92 Å². The van der Waals surface area contributed by atoms with E-state index in [4.69, 9.17) is 9.52 Å². The van der Waals surface area contributed by atoms with Gasteiger partial charge in [0.25, 0.3) is 0 Å². The highest BCUT2D eigenvalue weighted by atomic mass is 16.4. The van der Waals surface area contributed by atoms with E-state index in [0.717, 1.165) is 19.3 Å². The number of hydrogen-bond donors (Lipinski definition) is 1. The summed E-state index contributed by atoms with van der Waals surface area (Å²) in [7, 11) is 0. The second-order valence-corrected chi connectivity index (χ2v) is 4.81. The molecule has 0 aromatic carbocycles. The van der Waals surface area contributed by atoms with Gasteiger partial charge in [-0.2, -0.15) is 0 Å². The summed E-state index contributed by atoms with van der Waals surface area (Å²) in [4.78, 5) is 14.7. The van der Waals surface area contributed by atoms with Crippen LogP contribution in [0.15, 0.2) is 10.7 Å². The maximum absolute atomic E-state index is 10.7. The first-order valence-corrected chi connectivity index (χ1v) is 5.19. The Morgan fingerprint density at radius 3 is 2.87 bits per heavy atom. The monoisotopic (exact) mass is 209 g/mol. The summed E-state index contributed by atoms with van der Waals surface area (Å²) in [6, 6.07) is 0. The van der Waals surface area contributed by atoms with E-state index in [0.29, 0.717) is 5.89 Å². The van der Waals surface area contributed by atoms with Gasteiger partial charge < -0.3 is 9.52 Å². The minimum absolute atomic E-state index is 0.00713. The Morgan fingerprint density at radius 1 is 1.67 bits per heavy atom.